The van der Waals surface area contributed by atoms with Crippen LogP contribution in [0.15, 0.2) is 0 Å². The van der Waals surface area contributed by atoms with Gasteiger partial charge in [0.2, 0.25) is 0 Å². The molecule has 84 valence electrons. The fraction of sp³-hybridized carbons (Fsp3) is 0.900. The number of carboxylic acid groups (broad SMARTS) is 1. The Labute approximate surface area is 95.2 Å². The number of carbonyl (C=O) groups is 1. The van der Waals surface area contributed by atoms with E-state index in [1.54, 1.807) is 11.8 Å². The van der Waals surface area contributed by atoms with Gasteiger partial charge in [0.25, 0.3) is 0 Å². The van der Waals surface area contributed by atoms with Crippen molar-refractivity contribution in [2.45, 2.75) is 38.4 Å². The van der Waals surface area contributed by atoms with Crippen LogP contribution >= 0.6 is 23.5 Å². The largest absolute Gasteiger partial charge is 0.481 e. The second-order valence-corrected chi connectivity index (χ2v) is 6.02. The van der Waals surface area contributed by atoms with Crippen molar-refractivity contribution in [2.75, 3.05) is 17.3 Å². The van der Waals surface area contributed by atoms with Crippen LogP contribution in [0.4, 0.5) is 0 Å². The molecule has 0 bridgehead atoms. The fourth-order valence-electron chi connectivity index (χ4n) is 0.997. The van der Waals surface area contributed by atoms with Crippen molar-refractivity contribution in [1.29, 1.82) is 0 Å². The molecule has 0 heterocycles. The Kier molecular flexibility index (Phi) is 9.83. The lowest BCUT2D eigenvalue weighted by Gasteiger charge is -2.07. The molecule has 0 aromatic rings. The Morgan fingerprint density at radius 2 is 2.07 bits per heavy atom. The molecule has 0 radical (unpaired) electrons. The van der Waals surface area contributed by atoms with Crippen LogP contribution in [0.5, 0.6) is 0 Å². The zero-order valence-electron chi connectivity index (χ0n) is 8.99. The molecule has 0 saturated heterocycles. The molecule has 1 unspecified atom stereocenters. The van der Waals surface area contributed by atoms with E-state index in [0.29, 0.717) is 0 Å². The lowest BCUT2D eigenvalue weighted by atomic mass is 10.3. The molecule has 1 atom stereocenters. The molecule has 0 spiro atoms. The van der Waals surface area contributed by atoms with Crippen molar-refractivity contribution in [1.82, 2.24) is 0 Å². The Morgan fingerprint density at radius 3 is 2.64 bits per heavy atom. The Hall–Kier alpha value is 0.170. The minimum Gasteiger partial charge on any atom is -0.481 e. The van der Waals surface area contributed by atoms with E-state index < -0.39 is 5.97 Å². The quantitative estimate of drug-likeness (QED) is 0.624. The van der Waals surface area contributed by atoms with Gasteiger partial charge in [0.1, 0.15) is 0 Å². The van der Waals surface area contributed by atoms with E-state index in [1.807, 2.05) is 18.7 Å². The standard InChI is InChI=1S/C10H20O2S2/c1-3-5-13-6-4-7-14-9(2)8-10(11)12/h9H,3-8H2,1-2H3,(H,11,12). The van der Waals surface area contributed by atoms with Crippen LogP contribution in [0.2, 0.25) is 0 Å². The van der Waals surface area contributed by atoms with Gasteiger partial charge in [-0.05, 0) is 30.1 Å². The van der Waals surface area contributed by atoms with E-state index in [9.17, 15) is 4.79 Å². The van der Waals surface area contributed by atoms with Crippen molar-refractivity contribution in [3.8, 4) is 0 Å². The van der Waals surface area contributed by atoms with Crippen LogP contribution in [0, 0.1) is 0 Å². The van der Waals surface area contributed by atoms with Crippen molar-refractivity contribution >= 4 is 29.5 Å². The smallest absolute Gasteiger partial charge is 0.304 e. The highest BCUT2D eigenvalue weighted by atomic mass is 32.2. The van der Waals surface area contributed by atoms with Gasteiger partial charge in [-0.2, -0.15) is 23.5 Å². The molecule has 0 aliphatic heterocycles. The summed E-state index contributed by atoms with van der Waals surface area (Å²) >= 11 is 3.76. The third-order valence-corrected chi connectivity index (χ3v) is 4.18. The van der Waals surface area contributed by atoms with Gasteiger partial charge in [0.15, 0.2) is 0 Å². The molecule has 0 rings (SSSR count). The summed E-state index contributed by atoms with van der Waals surface area (Å²) < 4.78 is 0. The minimum atomic E-state index is -0.689. The van der Waals surface area contributed by atoms with Crippen LogP contribution in [0.1, 0.15) is 33.1 Å². The Balaban J connectivity index is 3.14. The van der Waals surface area contributed by atoms with Gasteiger partial charge < -0.3 is 5.11 Å². The highest BCUT2D eigenvalue weighted by Crippen LogP contribution is 2.16. The van der Waals surface area contributed by atoms with Gasteiger partial charge in [0, 0.05) is 5.25 Å². The van der Waals surface area contributed by atoms with E-state index in [2.05, 4.69) is 6.92 Å². The van der Waals surface area contributed by atoms with Crippen LogP contribution in [0.3, 0.4) is 0 Å². The summed E-state index contributed by atoms with van der Waals surface area (Å²) in [5.74, 6) is 2.85. The average Bonchev–Trinajstić information content (AvgIpc) is 2.10. The van der Waals surface area contributed by atoms with E-state index in [0.717, 1.165) is 5.75 Å². The topological polar surface area (TPSA) is 37.3 Å². The second kappa shape index (κ2) is 9.71. The van der Waals surface area contributed by atoms with E-state index >= 15 is 0 Å². The number of hydrogen-bond donors (Lipinski definition) is 1. The Morgan fingerprint density at radius 1 is 1.36 bits per heavy atom. The molecule has 4 heteroatoms. The van der Waals surface area contributed by atoms with Crippen LogP contribution in [-0.4, -0.2) is 33.6 Å². The highest BCUT2D eigenvalue weighted by Gasteiger charge is 2.06. The normalized spacial score (nSPS) is 12.7. The summed E-state index contributed by atoms with van der Waals surface area (Å²) in [6.07, 6.45) is 2.72. The molecular weight excluding hydrogens is 216 g/mol. The third kappa shape index (κ3) is 10.3. The summed E-state index contributed by atoms with van der Waals surface area (Å²) in [4.78, 5) is 10.4. The molecule has 0 aliphatic carbocycles. The van der Waals surface area contributed by atoms with Crippen molar-refractivity contribution in [3.63, 3.8) is 0 Å². The second-order valence-electron chi connectivity index (χ2n) is 3.25. The number of rotatable bonds is 9. The van der Waals surface area contributed by atoms with Crippen molar-refractivity contribution < 1.29 is 9.90 Å². The minimum absolute atomic E-state index is 0.253. The van der Waals surface area contributed by atoms with E-state index in [1.165, 1.54) is 24.3 Å². The molecule has 0 aromatic heterocycles. The first-order valence-corrected chi connectivity index (χ1v) is 7.28. The first-order valence-electron chi connectivity index (χ1n) is 5.08. The summed E-state index contributed by atoms with van der Waals surface area (Å²) in [7, 11) is 0. The van der Waals surface area contributed by atoms with Gasteiger partial charge in [-0.25, -0.2) is 0 Å². The monoisotopic (exact) mass is 236 g/mol. The molecule has 0 aliphatic rings. The summed E-state index contributed by atoms with van der Waals surface area (Å²) in [6.45, 7) is 4.18. The lowest BCUT2D eigenvalue weighted by Crippen LogP contribution is -2.06. The predicted molar refractivity (Wildman–Crippen MR) is 66.4 cm³/mol. The number of aliphatic carboxylic acids is 1. The summed E-state index contributed by atoms with van der Waals surface area (Å²) in [6, 6.07) is 0. The zero-order valence-corrected chi connectivity index (χ0v) is 10.6. The summed E-state index contributed by atoms with van der Waals surface area (Å²) in [5, 5.41) is 8.79. The Bertz CT molecular complexity index is 151. The molecule has 0 fully saturated rings. The first kappa shape index (κ1) is 14.2. The van der Waals surface area contributed by atoms with Crippen molar-refractivity contribution in [2.24, 2.45) is 0 Å². The van der Waals surface area contributed by atoms with Gasteiger partial charge in [-0.15, -0.1) is 0 Å². The van der Waals surface area contributed by atoms with E-state index in [4.69, 9.17) is 5.11 Å². The number of carboxylic acids is 1. The van der Waals surface area contributed by atoms with Crippen molar-refractivity contribution in [3.05, 3.63) is 0 Å². The number of hydrogen-bond acceptors (Lipinski definition) is 3. The fourth-order valence-corrected chi connectivity index (χ4v) is 2.99. The highest BCUT2D eigenvalue weighted by molar-refractivity contribution is 8.00. The molecule has 0 saturated carbocycles. The predicted octanol–water partition coefficient (Wildman–Crippen LogP) is 3.12. The van der Waals surface area contributed by atoms with E-state index in [-0.39, 0.29) is 11.7 Å². The maximum Gasteiger partial charge on any atom is 0.304 e. The maximum atomic E-state index is 10.4. The van der Waals surface area contributed by atoms with Gasteiger partial charge >= 0.3 is 5.97 Å². The SMILES string of the molecule is CCCSCCCSC(C)CC(=O)O. The van der Waals surface area contributed by atoms with Crippen LogP contribution in [0.25, 0.3) is 0 Å². The molecule has 2 nitrogen and oxygen atoms in total. The maximum absolute atomic E-state index is 10.4. The first-order chi connectivity index (χ1) is 6.66. The molecular formula is C10H20O2S2. The molecule has 0 amide bonds. The zero-order chi connectivity index (χ0) is 10.8. The lowest BCUT2D eigenvalue weighted by molar-refractivity contribution is -0.136. The molecule has 14 heavy (non-hydrogen) atoms. The van der Waals surface area contributed by atoms with Crippen LogP contribution in [-0.2, 0) is 4.79 Å². The van der Waals surface area contributed by atoms with Gasteiger partial charge in [0.05, 0.1) is 6.42 Å². The molecule has 1 N–H and O–H groups in total. The van der Waals surface area contributed by atoms with Gasteiger partial charge in [-0.3, -0.25) is 4.79 Å². The van der Waals surface area contributed by atoms with Crippen LogP contribution < -0.4 is 0 Å². The third-order valence-electron chi connectivity index (χ3n) is 1.65. The average molecular weight is 236 g/mol. The van der Waals surface area contributed by atoms with Gasteiger partial charge in [-0.1, -0.05) is 13.8 Å². The number of thioether (sulfide) groups is 2. The molecule has 0 aromatic carbocycles. The summed E-state index contributed by atoms with van der Waals surface area (Å²) in [5.41, 5.74) is 0.